The summed E-state index contributed by atoms with van der Waals surface area (Å²) in [5, 5.41) is 17.1. The third-order valence-electron chi connectivity index (χ3n) is 1.94. The van der Waals surface area contributed by atoms with Crippen molar-refractivity contribution in [1.82, 2.24) is 29.9 Å². The van der Waals surface area contributed by atoms with E-state index >= 15 is 0 Å². The zero-order valence-electron chi connectivity index (χ0n) is 8.30. The summed E-state index contributed by atoms with van der Waals surface area (Å²) < 4.78 is 1.93. The van der Waals surface area contributed by atoms with Crippen molar-refractivity contribution in [2.75, 3.05) is 11.1 Å². The molecule has 80 valence electrons. The van der Waals surface area contributed by atoms with E-state index in [1.54, 1.807) is 6.33 Å². The van der Waals surface area contributed by atoms with Crippen LogP contribution in [0.2, 0.25) is 0 Å². The zero-order chi connectivity index (χ0) is 10.7. The van der Waals surface area contributed by atoms with Gasteiger partial charge in [0.1, 0.15) is 6.33 Å². The average Bonchev–Trinajstić information content (AvgIpc) is 2.83. The first-order valence-corrected chi connectivity index (χ1v) is 4.58. The van der Waals surface area contributed by atoms with Crippen LogP contribution < -0.4 is 11.1 Å². The molecule has 0 bridgehead atoms. The molecule has 0 radical (unpaired) electrons. The average molecular weight is 208 g/mol. The zero-order valence-corrected chi connectivity index (χ0v) is 8.30. The lowest BCUT2D eigenvalue weighted by Crippen LogP contribution is -2.08. The maximum absolute atomic E-state index is 5.38. The van der Waals surface area contributed by atoms with Crippen molar-refractivity contribution in [2.45, 2.75) is 20.0 Å². The topological polar surface area (TPSA) is 110 Å². The second-order valence-corrected chi connectivity index (χ2v) is 2.93. The molecule has 0 fully saturated rings. The van der Waals surface area contributed by atoms with Crippen LogP contribution in [0.25, 0.3) is 0 Å². The van der Waals surface area contributed by atoms with Gasteiger partial charge in [0.05, 0.1) is 6.54 Å². The van der Waals surface area contributed by atoms with Crippen LogP contribution in [0.1, 0.15) is 12.7 Å². The number of rotatable bonds is 4. The lowest BCUT2D eigenvalue weighted by Gasteiger charge is -2.02. The third-order valence-corrected chi connectivity index (χ3v) is 1.94. The van der Waals surface area contributed by atoms with Crippen molar-refractivity contribution in [3.63, 3.8) is 0 Å². The highest BCUT2D eigenvalue weighted by molar-refractivity contribution is 5.29. The number of hydrogen-bond donors (Lipinski definition) is 3. The summed E-state index contributed by atoms with van der Waals surface area (Å²) >= 11 is 0. The number of hydrogen-bond acceptors (Lipinski definition) is 6. The lowest BCUT2D eigenvalue weighted by atomic mass is 10.5. The lowest BCUT2D eigenvalue weighted by molar-refractivity contribution is 0.706. The quantitative estimate of drug-likeness (QED) is 0.631. The third kappa shape index (κ3) is 2.03. The number of nitrogens with two attached hydrogens (primary N) is 1. The fourth-order valence-electron chi connectivity index (χ4n) is 1.19. The van der Waals surface area contributed by atoms with Crippen LogP contribution in [-0.2, 0) is 13.1 Å². The van der Waals surface area contributed by atoms with E-state index in [4.69, 9.17) is 5.73 Å². The standard InChI is InChI=1S/C7H12N8/c1-2-15-4-10-12-5(15)3-9-7-11-6(8)13-14-7/h4H,2-3H2,1H3,(H4,8,9,11,13,14). The summed E-state index contributed by atoms with van der Waals surface area (Å²) in [4.78, 5) is 3.91. The van der Waals surface area contributed by atoms with E-state index in [1.807, 2.05) is 11.5 Å². The highest BCUT2D eigenvalue weighted by Gasteiger charge is 2.04. The molecule has 0 saturated carbocycles. The maximum Gasteiger partial charge on any atom is 0.244 e. The largest absolute Gasteiger partial charge is 0.368 e. The van der Waals surface area contributed by atoms with Crippen LogP contribution in [0.4, 0.5) is 11.9 Å². The maximum atomic E-state index is 5.38. The van der Waals surface area contributed by atoms with Gasteiger partial charge in [-0.05, 0) is 6.92 Å². The molecule has 0 aromatic carbocycles. The predicted octanol–water partition coefficient (Wildman–Crippen LogP) is -0.390. The van der Waals surface area contributed by atoms with Gasteiger partial charge in [-0.1, -0.05) is 0 Å². The smallest absolute Gasteiger partial charge is 0.244 e. The molecule has 0 atom stereocenters. The molecule has 0 aliphatic heterocycles. The molecule has 0 unspecified atom stereocenters. The molecule has 15 heavy (non-hydrogen) atoms. The molecule has 0 spiro atoms. The SMILES string of the molecule is CCn1cnnc1CNc1n[nH]c(N)n1. The molecule has 0 aliphatic carbocycles. The predicted molar refractivity (Wildman–Crippen MR) is 53.8 cm³/mol. The van der Waals surface area contributed by atoms with Gasteiger partial charge in [-0.15, -0.1) is 15.3 Å². The van der Waals surface area contributed by atoms with Crippen molar-refractivity contribution < 1.29 is 0 Å². The van der Waals surface area contributed by atoms with Crippen molar-refractivity contribution in [2.24, 2.45) is 0 Å². The van der Waals surface area contributed by atoms with E-state index in [0.717, 1.165) is 12.4 Å². The summed E-state index contributed by atoms with van der Waals surface area (Å²) in [7, 11) is 0. The Morgan fingerprint density at radius 3 is 3.13 bits per heavy atom. The molecule has 2 heterocycles. The monoisotopic (exact) mass is 208 g/mol. The van der Waals surface area contributed by atoms with Crippen LogP contribution >= 0.6 is 0 Å². The van der Waals surface area contributed by atoms with E-state index in [0.29, 0.717) is 12.5 Å². The Kier molecular flexibility index (Phi) is 2.48. The van der Waals surface area contributed by atoms with E-state index in [9.17, 15) is 0 Å². The summed E-state index contributed by atoms with van der Waals surface area (Å²) in [5.41, 5.74) is 5.38. The van der Waals surface area contributed by atoms with Crippen LogP contribution in [0.15, 0.2) is 6.33 Å². The van der Waals surface area contributed by atoms with Crippen LogP contribution in [-0.4, -0.2) is 29.9 Å². The van der Waals surface area contributed by atoms with Gasteiger partial charge in [-0.25, -0.2) is 5.10 Å². The van der Waals surface area contributed by atoms with Gasteiger partial charge in [0, 0.05) is 6.54 Å². The highest BCUT2D eigenvalue weighted by atomic mass is 15.3. The van der Waals surface area contributed by atoms with E-state index in [1.165, 1.54) is 0 Å². The second kappa shape index (κ2) is 3.95. The fourth-order valence-corrected chi connectivity index (χ4v) is 1.19. The number of nitrogen functional groups attached to an aromatic ring is 1. The van der Waals surface area contributed by atoms with E-state index in [-0.39, 0.29) is 5.95 Å². The molecule has 2 aromatic rings. The number of H-pyrrole nitrogens is 1. The highest BCUT2D eigenvalue weighted by Crippen LogP contribution is 2.02. The summed E-state index contributed by atoms with van der Waals surface area (Å²) in [6, 6.07) is 0. The summed E-state index contributed by atoms with van der Waals surface area (Å²) in [6.07, 6.45) is 1.68. The van der Waals surface area contributed by atoms with Gasteiger partial charge in [0.15, 0.2) is 5.82 Å². The number of aryl methyl sites for hydroxylation is 1. The van der Waals surface area contributed by atoms with Crippen LogP contribution in [0.5, 0.6) is 0 Å². The van der Waals surface area contributed by atoms with Gasteiger partial charge < -0.3 is 15.6 Å². The minimum Gasteiger partial charge on any atom is -0.368 e. The first kappa shape index (κ1) is 9.44. The number of nitrogens with one attached hydrogen (secondary N) is 2. The Hall–Kier alpha value is -2.12. The molecule has 2 rings (SSSR count). The number of aromatic nitrogens is 6. The van der Waals surface area contributed by atoms with Gasteiger partial charge in [0.2, 0.25) is 11.9 Å². The molecule has 4 N–H and O–H groups in total. The number of nitrogens with zero attached hydrogens (tertiary/aromatic N) is 5. The van der Waals surface area contributed by atoms with Gasteiger partial charge in [-0.3, -0.25) is 0 Å². The van der Waals surface area contributed by atoms with Gasteiger partial charge >= 0.3 is 0 Å². The second-order valence-electron chi connectivity index (χ2n) is 2.93. The molecule has 0 amide bonds. The minimum absolute atomic E-state index is 0.287. The molecule has 0 saturated heterocycles. The number of aromatic amines is 1. The molecule has 0 aliphatic rings. The van der Waals surface area contributed by atoms with Crippen molar-refractivity contribution >= 4 is 11.9 Å². The van der Waals surface area contributed by atoms with E-state index in [2.05, 4.69) is 30.7 Å². The summed E-state index contributed by atoms with van der Waals surface area (Å²) in [5.74, 6) is 1.58. The van der Waals surface area contributed by atoms with Gasteiger partial charge in [0.25, 0.3) is 0 Å². The van der Waals surface area contributed by atoms with Crippen molar-refractivity contribution in [1.29, 1.82) is 0 Å². The number of anilines is 2. The molecular formula is C7H12N8. The van der Waals surface area contributed by atoms with Gasteiger partial charge in [-0.2, -0.15) is 4.98 Å². The Balaban J connectivity index is 1.98. The minimum atomic E-state index is 0.287. The first-order chi connectivity index (χ1) is 7.29. The fraction of sp³-hybridized carbons (Fsp3) is 0.429. The molecule has 8 heteroatoms. The Labute approximate surface area is 85.9 Å². The van der Waals surface area contributed by atoms with Crippen LogP contribution in [0, 0.1) is 0 Å². The molecule has 2 aromatic heterocycles. The van der Waals surface area contributed by atoms with Crippen molar-refractivity contribution in [3.05, 3.63) is 12.2 Å². The summed E-state index contributed by atoms with van der Waals surface area (Å²) in [6.45, 7) is 3.38. The van der Waals surface area contributed by atoms with Crippen molar-refractivity contribution in [3.8, 4) is 0 Å². The Morgan fingerprint density at radius 1 is 1.60 bits per heavy atom. The normalized spacial score (nSPS) is 10.5. The Morgan fingerprint density at radius 2 is 2.47 bits per heavy atom. The molecular weight excluding hydrogens is 196 g/mol. The van der Waals surface area contributed by atoms with Crippen LogP contribution in [0.3, 0.4) is 0 Å². The first-order valence-electron chi connectivity index (χ1n) is 4.58. The Bertz CT molecular complexity index is 430. The molecule has 8 nitrogen and oxygen atoms in total. The van der Waals surface area contributed by atoms with E-state index < -0.39 is 0 Å².